The quantitative estimate of drug-likeness (QED) is 0.489. The molecule has 0 amide bonds. The Hall–Kier alpha value is -2.55. The van der Waals surface area contributed by atoms with Crippen LogP contribution in [-0.4, -0.2) is 13.3 Å². The van der Waals surface area contributed by atoms with Crippen LogP contribution in [0.4, 0.5) is 14.5 Å². The van der Waals surface area contributed by atoms with Gasteiger partial charge in [0.25, 0.3) is 0 Å². The van der Waals surface area contributed by atoms with Crippen molar-refractivity contribution < 1.29 is 26.3 Å². The molecular weight excluding hydrogens is 320 g/mol. The summed E-state index contributed by atoms with van der Waals surface area (Å²) in [5, 5.41) is 10.8. The fourth-order valence-corrected chi connectivity index (χ4v) is 2.91. The maximum Gasteiger partial charge on any atom is 0.339 e. The molecule has 0 saturated heterocycles. The molecule has 0 N–H and O–H groups in total. The van der Waals surface area contributed by atoms with Crippen LogP contribution in [-0.2, 0) is 10.1 Å². The first-order chi connectivity index (χ1) is 10.2. The van der Waals surface area contributed by atoms with E-state index < -0.39 is 38.1 Å². The topological polar surface area (TPSA) is 86.5 Å². The van der Waals surface area contributed by atoms with E-state index in [4.69, 9.17) is 0 Å². The van der Waals surface area contributed by atoms with E-state index >= 15 is 0 Å². The average molecular weight is 329 g/mol. The van der Waals surface area contributed by atoms with Crippen LogP contribution in [0.2, 0.25) is 0 Å². The highest BCUT2D eigenvalue weighted by Crippen LogP contribution is 2.31. The Morgan fingerprint density at radius 1 is 1.09 bits per heavy atom. The number of hydrogen-bond donors (Lipinski definition) is 0. The van der Waals surface area contributed by atoms with Crippen molar-refractivity contribution in [3.63, 3.8) is 0 Å². The molecule has 0 unspecified atom stereocenters. The number of rotatable bonds is 4. The van der Waals surface area contributed by atoms with Gasteiger partial charge in [0.1, 0.15) is 16.5 Å². The zero-order valence-corrected chi connectivity index (χ0v) is 11.9. The second-order valence-electron chi connectivity index (χ2n) is 4.32. The minimum absolute atomic E-state index is 0.0547. The predicted molar refractivity (Wildman–Crippen MR) is 72.0 cm³/mol. The van der Waals surface area contributed by atoms with Crippen LogP contribution in [0.25, 0.3) is 0 Å². The van der Waals surface area contributed by atoms with Gasteiger partial charge in [0.05, 0.1) is 4.92 Å². The fourth-order valence-electron chi connectivity index (χ4n) is 1.76. The summed E-state index contributed by atoms with van der Waals surface area (Å²) in [5.74, 6) is -2.30. The van der Waals surface area contributed by atoms with Gasteiger partial charge in [0.2, 0.25) is 5.75 Å². The Kier molecular flexibility index (Phi) is 4.09. The van der Waals surface area contributed by atoms with Gasteiger partial charge in [0.15, 0.2) is 0 Å². The van der Waals surface area contributed by atoms with Crippen molar-refractivity contribution in [1.29, 1.82) is 0 Å². The Bertz CT molecular complexity index is 852. The van der Waals surface area contributed by atoms with Crippen molar-refractivity contribution in [3.8, 4) is 5.75 Å². The normalized spacial score (nSPS) is 11.2. The highest BCUT2D eigenvalue weighted by atomic mass is 32.2. The minimum Gasteiger partial charge on any atom is -0.371 e. The van der Waals surface area contributed by atoms with Gasteiger partial charge in [-0.1, -0.05) is 0 Å². The summed E-state index contributed by atoms with van der Waals surface area (Å²) in [6.45, 7) is 1.33. The number of aryl methyl sites for hydroxylation is 1. The molecule has 0 aliphatic carbocycles. The standard InChI is InChI=1S/C13H9F2NO5S/c1-8-6-9(14)3-5-13(8)22(19,20)21-12-7-10(15)2-4-11(12)16(17)18/h2-7H,1H3. The predicted octanol–water partition coefficient (Wildman–Crippen LogP) is 2.95. The molecule has 0 aliphatic heterocycles. The first-order valence-electron chi connectivity index (χ1n) is 5.85. The number of benzene rings is 2. The molecule has 0 saturated carbocycles. The number of halogens is 2. The fraction of sp³-hybridized carbons (Fsp3) is 0.0769. The monoisotopic (exact) mass is 329 g/mol. The number of hydrogen-bond acceptors (Lipinski definition) is 5. The molecule has 2 aromatic carbocycles. The molecule has 116 valence electrons. The smallest absolute Gasteiger partial charge is 0.339 e. The van der Waals surface area contributed by atoms with Gasteiger partial charge in [-0.05, 0) is 36.8 Å². The van der Waals surface area contributed by atoms with Crippen LogP contribution < -0.4 is 4.18 Å². The van der Waals surface area contributed by atoms with Gasteiger partial charge in [-0.25, -0.2) is 8.78 Å². The first kappa shape index (κ1) is 15.8. The second-order valence-corrected chi connectivity index (χ2v) is 5.83. The summed E-state index contributed by atoms with van der Waals surface area (Å²) in [5.41, 5.74) is -0.649. The maximum absolute atomic E-state index is 13.2. The molecule has 2 aromatic rings. The third-order valence-corrected chi connectivity index (χ3v) is 4.12. The van der Waals surface area contributed by atoms with Gasteiger partial charge in [-0.3, -0.25) is 10.1 Å². The van der Waals surface area contributed by atoms with Crippen molar-refractivity contribution in [2.24, 2.45) is 0 Å². The van der Waals surface area contributed by atoms with Crippen molar-refractivity contribution in [2.75, 3.05) is 0 Å². The van der Waals surface area contributed by atoms with Crippen LogP contribution in [0.5, 0.6) is 5.75 Å². The third kappa shape index (κ3) is 3.19. The van der Waals surface area contributed by atoms with E-state index in [1.54, 1.807) is 0 Å². The van der Waals surface area contributed by atoms with Crippen LogP contribution in [0.15, 0.2) is 41.3 Å². The molecule has 6 nitrogen and oxygen atoms in total. The summed E-state index contributed by atoms with van der Waals surface area (Å²) in [4.78, 5) is 9.56. The summed E-state index contributed by atoms with van der Waals surface area (Å²) in [7, 11) is -4.47. The van der Waals surface area contributed by atoms with E-state index in [2.05, 4.69) is 4.18 Å². The molecule has 0 fully saturated rings. The van der Waals surface area contributed by atoms with Gasteiger partial charge in [-0.15, -0.1) is 0 Å². The van der Waals surface area contributed by atoms with E-state index in [-0.39, 0.29) is 10.5 Å². The van der Waals surface area contributed by atoms with Gasteiger partial charge >= 0.3 is 15.8 Å². The van der Waals surface area contributed by atoms with Crippen LogP contribution in [0, 0.1) is 28.7 Å². The first-order valence-corrected chi connectivity index (χ1v) is 7.26. The minimum atomic E-state index is -4.47. The lowest BCUT2D eigenvalue weighted by Gasteiger charge is -2.09. The lowest BCUT2D eigenvalue weighted by molar-refractivity contribution is -0.385. The van der Waals surface area contributed by atoms with Crippen LogP contribution in [0.1, 0.15) is 5.56 Å². The maximum atomic E-state index is 13.2. The molecule has 0 aliphatic rings. The molecule has 0 spiro atoms. The molecule has 0 aromatic heterocycles. The highest BCUT2D eigenvalue weighted by Gasteiger charge is 2.25. The molecule has 0 bridgehead atoms. The summed E-state index contributed by atoms with van der Waals surface area (Å²) in [6.07, 6.45) is 0. The largest absolute Gasteiger partial charge is 0.371 e. The van der Waals surface area contributed by atoms with Gasteiger partial charge < -0.3 is 4.18 Å². The van der Waals surface area contributed by atoms with Crippen molar-refractivity contribution >= 4 is 15.8 Å². The molecule has 0 atom stereocenters. The SMILES string of the molecule is Cc1cc(F)ccc1S(=O)(=O)Oc1cc(F)ccc1[N+](=O)[O-]. The summed E-state index contributed by atoms with van der Waals surface area (Å²) < 4.78 is 55.1. The Morgan fingerprint density at radius 3 is 2.27 bits per heavy atom. The lowest BCUT2D eigenvalue weighted by atomic mass is 10.2. The molecular formula is C13H9F2NO5S. The Balaban J connectivity index is 2.49. The summed E-state index contributed by atoms with van der Waals surface area (Å²) in [6, 6.07) is 5.03. The van der Waals surface area contributed by atoms with Crippen molar-refractivity contribution in [1.82, 2.24) is 0 Å². The average Bonchev–Trinajstić information content (AvgIpc) is 2.37. The van der Waals surface area contributed by atoms with Crippen molar-refractivity contribution in [3.05, 3.63) is 63.7 Å². The van der Waals surface area contributed by atoms with Crippen molar-refractivity contribution in [2.45, 2.75) is 11.8 Å². The third-order valence-electron chi connectivity index (χ3n) is 2.72. The zero-order valence-electron chi connectivity index (χ0n) is 11.1. The zero-order chi connectivity index (χ0) is 16.5. The molecule has 0 radical (unpaired) electrons. The molecule has 2 rings (SSSR count). The summed E-state index contributed by atoms with van der Waals surface area (Å²) >= 11 is 0. The van der Waals surface area contributed by atoms with Gasteiger partial charge in [0, 0.05) is 12.1 Å². The van der Waals surface area contributed by atoms with Crippen LogP contribution in [0.3, 0.4) is 0 Å². The number of nitro benzene ring substituents is 1. The Labute approximate surface area is 124 Å². The van der Waals surface area contributed by atoms with E-state index in [9.17, 15) is 27.3 Å². The second kappa shape index (κ2) is 5.68. The van der Waals surface area contributed by atoms with E-state index in [0.717, 1.165) is 30.3 Å². The van der Waals surface area contributed by atoms with E-state index in [1.807, 2.05) is 0 Å². The lowest BCUT2D eigenvalue weighted by Crippen LogP contribution is -2.12. The molecule has 22 heavy (non-hydrogen) atoms. The van der Waals surface area contributed by atoms with E-state index in [1.165, 1.54) is 6.92 Å². The molecule has 9 heteroatoms. The molecule has 0 heterocycles. The Morgan fingerprint density at radius 2 is 1.68 bits per heavy atom. The number of nitro groups is 1. The number of nitrogens with zero attached hydrogens (tertiary/aromatic N) is 1. The van der Waals surface area contributed by atoms with Crippen LogP contribution >= 0.6 is 0 Å². The van der Waals surface area contributed by atoms with Gasteiger partial charge in [-0.2, -0.15) is 8.42 Å². The highest BCUT2D eigenvalue weighted by molar-refractivity contribution is 7.87. The van der Waals surface area contributed by atoms with E-state index in [0.29, 0.717) is 6.07 Å².